The van der Waals surface area contributed by atoms with Gasteiger partial charge < -0.3 is 9.62 Å². The van der Waals surface area contributed by atoms with Crippen LogP contribution >= 0.6 is 0 Å². The Morgan fingerprint density at radius 1 is 1.00 bits per heavy atom. The lowest BCUT2D eigenvalue weighted by molar-refractivity contribution is -0.195. The second-order valence-electron chi connectivity index (χ2n) is 4.79. The van der Waals surface area contributed by atoms with Crippen molar-refractivity contribution in [3.8, 4) is 22.6 Å². The van der Waals surface area contributed by atoms with Gasteiger partial charge in [0.2, 0.25) is 0 Å². The summed E-state index contributed by atoms with van der Waals surface area (Å²) in [6.07, 6.45) is 3.32. The van der Waals surface area contributed by atoms with Crippen LogP contribution in [0.2, 0.25) is 0 Å². The van der Waals surface area contributed by atoms with E-state index >= 15 is 0 Å². The average Bonchev–Trinajstić information content (AvgIpc) is 2.60. The molecule has 0 bridgehead atoms. The Morgan fingerprint density at radius 2 is 1.58 bits per heavy atom. The summed E-state index contributed by atoms with van der Waals surface area (Å²) >= 11 is 0. The molecule has 0 aliphatic heterocycles. The van der Waals surface area contributed by atoms with Crippen molar-refractivity contribution >= 4 is 5.97 Å². The van der Waals surface area contributed by atoms with E-state index in [1.165, 1.54) is 6.08 Å². The normalized spacial score (nSPS) is 9.67. The summed E-state index contributed by atoms with van der Waals surface area (Å²) in [7, 11) is 0. The maximum absolute atomic E-state index is 11.4. The van der Waals surface area contributed by atoms with Gasteiger partial charge in [-0.1, -0.05) is 36.9 Å². The van der Waals surface area contributed by atoms with Crippen molar-refractivity contribution in [1.82, 2.24) is 0 Å². The SMILES string of the molecule is C=C=CCOOc1ccc(-c2ccc(OC(=O)CC=C)cc2)cc1. The topological polar surface area (TPSA) is 44.8 Å². The van der Waals surface area contributed by atoms with Crippen LogP contribution < -0.4 is 9.62 Å². The molecule has 0 heterocycles. The van der Waals surface area contributed by atoms with Crippen molar-refractivity contribution in [2.45, 2.75) is 6.42 Å². The molecule has 0 fully saturated rings. The molecule has 0 aromatic heterocycles. The highest BCUT2D eigenvalue weighted by atomic mass is 17.2. The van der Waals surface area contributed by atoms with Gasteiger partial charge in [-0.3, -0.25) is 4.79 Å². The van der Waals surface area contributed by atoms with Crippen LogP contribution in [-0.4, -0.2) is 12.6 Å². The zero-order chi connectivity index (χ0) is 17.2. The molecule has 0 aliphatic carbocycles. The minimum absolute atomic E-state index is 0.188. The first-order chi connectivity index (χ1) is 11.7. The standard InChI is InChI=1S/C20H18O4/c1-3-5-15-22-24-19-13-9-17(10-14-19)16-7-11-18(12-8-16)23-20(21)6-4-2/h4-5,7-14H,1-2,6,15H2. The van der Waals surface area contributed by atoms with Gasteiger partial charge in [-0.2, -0.15) is 4.89 Å². The quantitative estimate of drug-likeness (QED) is 0.137. The fourth-order valence-electron chi connectivity index (χ4n) is 1.90. The van der Waals surface area contributed by atoms with Crippen LogP contribution in [0, 0.1) is 0 Å². The molecule has 24 heavy (non-hydrogen) atoms. The summed E-state index contributed by atoms with van der Waals surface area (Å²) in [6.45, 7) is 7.23. The monoisotopic (exact) mass is 322 g/mol. The van der Waals surface area contributed by atoms with Gasteiger partial charge in [0.15, 0.2) is 5.75 Å². The number of carbonyl (C=O) groups excluding carboxylic acids is 1. The highest BCUT2D eigenvalue weighted by Crippen LogP contribution is 2.24. The summed E-state index contributed by atoms with van der Waals surface area (Å²) in [5, 5.41) is 0. The van der Waals surface area contributed by atoms with E-state index in [-0.39, 0.29) is 19.0 Å². The van der Waals surface area contributed by atoms with Crippen molar-refractivity contribution in [3.05, 3.63) is 79.6 Å². The molecule has 0 radical (unpaired) electrons. The van der Waals surface area contributed by atoms with E-state index in [9.17, 15) is 4.79 Å². The molecule has 0 saturated carbocycles. The number of ether oxygens (including phenoxy) is 1. The number of hydrogen-bond donors (Lipinski definition) is 0. The molecular formula is C20H18O4. The molecular weight excluding hydrogens is 304 g/mol. The van der Waals surface area contributed by atoms with E-state index in [4.69, 9.17) is 14.5 Å². The summed E-state index contributed by atoms with van der Waals surface area (Å²) in [5.41, 5.74) is 4.60. The summed E-state index contributed by atoms with van der Waals surface area (Å²) in [5.74, 6) is 0.783. The molecule has 0 spiro atoms. The lowest BCUT2D eigenvalue weighted by atomic mass is 10.1. The number of rotatable bonds is 8. The largest absolute Gasteiger partial charge is 0.426 e. The number of benzene rings is 2. The van der Waals surface area contributed by atoms with Crippen LogP contribution in [-0.2, 0) is 9.68 Å². The molecule has 0 aliphatic rings. The molecule has 122 valence electrons. The zero-order valence-corrected chi connectivity index (χ0v) is 13.2. The maximum atomic E-state index is 11.4. The van der Waals surface area contributed by atoms with Gasteiger partial charge in [-0.25, -0.2) is 0 Å². The first kappa shape index (κ1) is 17.3. The van der Waals surface area contributed by atoms with Gasteiger partial charge >= 0.3 is 5.97 Å². The van der Waals surface area contributed by atoms with Crippen LogP contribution in [0.5, 0.6) is 11.5 Å². The fourth-order valence-corrected chi connectivity index (χ4v) is 1.90. The Kier molecular flexibility index (Phi) is 6.59. The lowest BCUT2D eigenvalue weighted by Gasteiger charge is -2.06. The Morgan fingerprint density at radius 3 is 2.12 bits per heavy atom. The van der Waals surface area contributed by atoms with Gasteiger partial charge in [-0.15, -0.1) is 12.3 Å². The van der Waals surface area contributed by atoms with Gasteiger partial charge in [0.05, 0.1) is 6.42 Å². The van der Waals surface area contributed by atoms with Gasteiger partial charge in [0.1, 0.15) is 12.4 Å². The van der Waals surface area contributed by atoms with E-state index < -0.39 is 0 Å². The lowest BCUT2D eigenvalue weighted by Crippen LogP contribution is -2.05. The van der Waals surface area contributed by atoms with Crippen LogP contribution in [0.15, 0.2) is 79.6 Å². The summed E-state index contributed by atoms with van der Waals surface area (Å²) < 4.78 is 5.17. The van der Waals surface area contributed by atoms with Crippen molar-refractivity contribution in [2.24, 2.45) is 0 Å². The molecule has 0 saturated heterocycles. The number of esters is 1. The van der Waals surface area contributed by atoms with Crippen molar-refractivity contribution in [1.29, 1.82) is 0 Å². The third-order valence-electron chi connectivity index (χ3n) is 3.04. The molecule has 4 nitrogen and oxygen atoms in total. The fraction of sp³-hybridized carbons (Fsp3) is 0.100. The molecule has 2 aromatic carbocycles. The molecule has 0 N–H and O–H groups in total. The molecule has 0 amide bonds. The van der Waals surface area contributed by atoms with Crippen molar-refractivity contribution in [2.75, 3.05) is 6.61 Å². The second-order valence-corrected chi connectivity index (χ2v) is 4.79. The minimum atomic E-state index is -0.328. The first-order valence-electron chi connectivity index (χ1n) is 7.39. The Bertz CT molecular complexity index is 723. The third kappa shape index (κ3) is 5.29. The van der Waals surface area contributed by atoms with E-state index in [0.717, 1.165) is 11.1 Å². The van der Waals surface area contributed by atoms with E-state index in [1.54, 1.807) is 18.2 Å². The minimum Gasteiger partial charge on any atom is -0.426 e. The Balaban J connectivity index is 1.97. The van der Waals surface area contributed by atoms with Crippen molar-refractivity contribution < 1.29 is 19.3 Å². The predicted molar refractivity (Wildman–Crippen MR) is 92.6 cm³/mol. The highest BCUT2D eigenvalue weighted by molar-refractivity contribution is 5.74. The first-order valence-corrected chi connectivity index (χ1v) is 7.39. The van der Waals surface area contributed by atoms with Crippen LogP contribution in [0.25, 0.3) is 11.1 Å². The van der Waals surface area contributed by atoms with E-state index in [0.29, 0.717) is 11.5 Å². The summed E-state index contributed by atoms with van der Waals surface area (Å²) in [6, 6.07) is 14.7. The summed E-state index contributed by atoms with van der Waals surface area (Å²) in [4.78, 5) is 21.5. The molecule has 0 atom stereocenters. The molecule has 2 rings (SSSR count). The number of hydrogen-bond acceptors (Lipinski definition) is 4. The third-order valence-corrected chi connectivity index (χ3v) is 3.04. The molecule has 4 heteroatoms. The van der Waals surface area contributed by atoms with E-state index in [2.05, 4.69) is 18.9 Å². The Hall–Kier alpha value is -3.07. The predicted octanol–water partition coefficient (Wildman–Crippen LogP) is 4.49. The zero-order valence-electron chi connectivity index (χ0n) is 13.2. The van der Waals surface area contributed by atoms with Crippen LogP contribution in [0.4, 0.5) is 0 Å². The van der Waals surface area contributed by atoms with Gasteiger partial charge in [-0.05, 0) is 41.5 Å². The maximum Gasteiger partial charge on any atom is 0.315 e. The van der Waals surface area contributed by atoms with Gasteiger partial charge in [0.25, 0.3) is 0 Å². The Labute approximate surface area is 141 Å². The second kappa shape index (κ2) is 9.16. The van der Waals surface area contributed by atoms with E-state index in [1.807, 2.05) is 36.4 Å². The molecule has 2 aromatic rings. The van der Waals surface area contributed by atoms with Crippen LogP contribution in [0.3, 0.4) is 0 Å². The average molecular weight is 322 g/mol. The number of carbonyl (C=O) groups is 1. The molecule has 0 unspecified atom stereocenters. The smallest absolute Gasteiger partial charge is 0.315 e. The van der Waals surface area contributed by atoms with Gasteiger partial charge in [0, 0.05) is 0 Å². The van der Waals surface area contributed by atoms with Crippen molar-refractivity contribution in [3.63, 3.8) is 0 Å². The van der Waals surface area contributed by atoms with Crippen LogP contribution in [0.1, 0.15) is 6.42 Å². The highest BCUT2D eigenvalue weighted by Gasteiger charge is 2.04.